The minimum absolute atomic E-state index is 0.119. The van der Waals surface area contributed by atoms with E-state index in [1.54, 1.807) is 18.2 Å². The molecule has 4 nitrogen and oxygen atoms in total. The quantitative estimate of drug-likeness (QED) is 0.919. The van der Waals surface area contributed by atoms with Crippen molar-refractivity contribution in [2.24, 2.45) is 23.0 Å². The normalized spacial score (nSPS) is 17.9. The molecule has 20 heavy (non-hydrogen) atoms. The van der Waals surface area contributed by atoms with Crippen LogP contribution in [0.15, 0.2) is 18.2 Å². The second kappa shape index (κ2) is 5.00. The second-order valence-corrected chi connectivity index (χ2v) is 6.27. The van der Waals surface area contributed by atoms with Gasteiger partial charge in [0.15, 0.2) is 11.5 Å². The van der Waals surface area contributed by atoms with Crippen LogP contribution < -0.4 is 15.2 Å². The van der Waals surface area contributed by atoms with Crippen LogP contribution in [0.5, 0.6) is 11.5 Å². The maximum absolute atomic E-state index is 11.2. The lowest BCUT2D eigenvalue weighted by Gasteiger charge is -2.40. The van der Waals surface area contributed by atoms with Gasteiger partial charge in [0.1, 0.15) is 0 Å². The molecule has 1 aliphatic rings. The maximum atomic E-state index is 11.2. The molecule has 0 fully saturated rings. The number of hydrogen-bond acceptors (Lipinski definition) is 3. The van der Waals surface area contributed by atoms with E-state index in [4.69, 9.17) is 15.2 Å². The van der Waals surface area contributed by atoms with Crippen LogP contribution in [0.4, 0.5) is 0 Å². The van der Waals surface area contributed by atoms with E-state index in [2.05, 4.69) is 34.6 Å². The Hall–Kier alpha value is -1.71. The Kier molecular flexibility index (Phi) is 3.67. The van der Waals surface area contributed by atoms with E-state index in [1.165, 1.54) is 0 Å². The highest BCUT2D eigenvalue weighted by atomic mass is 16.7. The second-order valence-electron chi connectivity index (χ2n) is 6.27. The van der Waals surface area contributed by atoms with Gasteiger partial charge < -0.3 is 15.2 Å². The fourth-order valence-electron chi connectivity index (χ4n) is 2.57. The first-order valence-corrected chi connectivity index (χ1v) is 7.04. The Morgan fingerprint density at radius 2 is 1.70 bits per heavy atom. The number of amides is 1. The molecule has 1 aromatic carbocycles. The van der Waals surface area contributed by atoms with E-state index >= 15 is 0 Å². The molecular formula is C16H23NO3. The molecular weight excluding hydrogens is 254 g/mol. The van der Waals surface area contributed by atoms with Crippen LogP contribution in [-0.4, -0.2) is 12.2 Å². The van der Waals surface area contributed by atoms with Gasteiger partial charge in [0.25, 0.3) is 0 Å². The highest BCUT2D eigenvalue weighted by Gasteiger charge is 2.46. The van der Waals surface area contributed by atoms with E-state index in [-0.39, 0.29) is 11.7 Å². The molecule has 1 aliphatic heterocycles. The van der Waals surface area contributed by atoms with Crippen molar-refractivity contribution < 1.29 is 14.3 Å². The van der Waals surface area contributed by atoms with Crippen LogP contribution in [0.3, 0.4) is 0 Å². The number of benzene rings is 1. The van der Waals surface area contributed by atoms with Crippen molar-refractivity contribution in [2.75, 3.05) is 0 Å². The number of nitrogens with two attached hydrogens (primary N) is 1. The van der Waals surface area contributed by atoms with Gasteiger partial charge in [-0.3, -0.25) is 4.79 Å². The van der Waals surface area contributed by atoms with E-state index in [0.29, 0.717) is 28.9 Å². The van der Waals surface area contributed by atoms with Crippen LogP contribution in [0.2, 0.25) is 0 Å². The zero-order valence-corrected chi connectivity index (χ0v) is 12.8. The summed E-state index contributed by atoms with van der Waals surface area (Å²) in [5.74, 6) is 1.61. The third-order valence-electron chi connectivity index (χ3n) is 4.69. The smallest absolute Gasteiger partial charge is 0.248 e. The topological polar surface area (TPSA) is 61.5 Å². The average molecular weight is 277 g/mol. The molecule has 0 saturated carbocycles. The van der Waals surface area contributed by atoms with Crippen molar-refractivity contribution >= 4 is 5.91 Å². The Labute approximate surface area is 120 Å². The lowest BCUT2D eigenvalue weighted by atomic mass is 9.70. The summed E-state index contributed by atoms with van der Waals surface area (Å²) in [4.78, 5) is 11.2. The van der Waals surface area contributed by atoms with Crippen molar-refractivity contribution in [1.82, 2.24) is 0 Å². The summed E-state index contributed by atoms with van der Waals surface area (Å²) in [5, 5.41) is 0. The largest absolute Gasteiger partial charge is 0.450 e. The van der Waals surface area contributed by atoms with Gasteiger partial charge in [-0.25, -0.2) is 0 Å². The van der Waals surface area contributed by atoms with Gasteiger partial charge in [-0.2, -0.15) is 0 Å². The number of fused-ring (bicyclic) bond motifs is 1. The lowest BCUT2D eigenvalue weighted by Crippen LogP contribution is -2.46. The minimum atomic E-state index is -0.463. The zero-order chi connectivity index (χ0) is 15.1. The third-order valence-corrected chi connectivity index (χ3v) is 4.69. The molecule has 0 spiro atoms. The Morgan fingerprint density at radius 3 is 2.20 bits per heavy atom. The van der Waals surface area contributed by atoms with Crippen molar-refractivity contribution in [2.45, 2.75) is 40.9 Å². The van der Waals surface area contributed by atoms with Crippen LogP contribution >= 0.6 is 0 Å². The van der Waals surface area contributed by atoms with E-state index in [9.17, 15) is 4.79 Å². The molecule has 1 aromatic rings. The molecule has 4 heteroatoms. The number of carbonyl (C=O) groups excluding carboxylic acids is 1. The average Bonchev–Trinajstić information content (AvgIpc) is 2.79. The first kappa shape index (κ1) is 14.7. The first-order valence-electron chi connectivity index (χ1n) is 7.04. The van der Waals surface area contributed by atoms with E-state index in [1.807, 2.05) is 0 Å². The summed E-state index contributed by atoms with van der Waals surface area (Å²) in [6.45, 7) is 10.9. The monoisotopic (exact) mass is 277 g/mol. The van der Waals surface area contributed by atoms with Gasteiger partial charge in [-0.1, -0.05) is 34.6 Å². The number of rotatable bonds is 4. The highest BCUT2D eigenvalue weighted by Crippen LogP contribution is 2.47. The zero-order valence-electron chi connectivity index (χ0n) is 12.8. The molecule has 0 radical (unpaired) electrons. The molecule has 2 N–H and O–H groups in total. The minimum Gasteiger partial charge on any atom is -0.450 e. The van der Waals surface area contributed by atoms with Crippen molar-refractivity contribution in [1.29, 1.82) is 0 Å². The number of primary amides is 1. The summed E-state index contributed by atoms with van der Waals surface area (Å²) in [7, 11) is 0. The molecule has 0 bridgehead atoms. The Bertz CT molecular complexity index is 514. The number of hydrogen-bond donors (Lipinski definition) is 1. The van der Waals surface area contributed by atoms with Crippen molar-refractivity contribution in [3.8, 4) is 11.5 Å². The Morgan fingerprint density at radius 1 is 1.15 bits per heavy atom. The molecule has 1 atom stereocenters. The van der Waals surface area contributed by atoms with Crippen molar-refractivity contribution in [3.63, 3.8) is 0 Å². The molecule has 1 unspecified atom stereocenters. The van der Waals surface area contributed by atoms with Crippen LogP contribution in [0.25, 0.3) is 0 Å². The van der Waals surface area contributed by atoms with Gasteiger partial charge in [0, 0.05) is 11.0 Å². The molecule has 1 heterocycles. The third kappa shape index (κ3) is 2.23. The summed E-state index contributed by atoms with van der Waals surface area (Å²) < 4.78 is 11.9. The number of carbonyl (C=O) groups is 1. The van der Waals surface area contributed by atoms with Gasteiger partial charge in [-0.15, -0.1) is 0 Å². The highest BCUT2D eigenvalue weighted by molar-refractivity contribution is 5.93. The lowest BCUT2D eigenvalue weighted by molar-refractivity contribution is -0.106. The standard InChI is InChI=1S/C16H23NO3/c1-9(2)16(5,10(3)4)15-19-12-7-6-11(14(17)18)8-13(12)20-15/h6-10,15H,1-5H3,(H2,17,18). The predicted molar refractivity (Wildman–Crippen MR) is 77.8 cm³/mol. The molecule has 0 aromatic heterocycles. The summed E-state index contributed by atoms with van der Waals surface area (Å²) >= 11 is 0. The molecule has 0 saturated heterocycles. The fourth-order valence-corrected chi connectivity index (χ4v) is 2.57. The number of ether oxygens (including phenoxy) is 2. The first-order chi connectivity index (χ1) is 9.26. The van der Waals surface area contributed by atoms with E-state index in [0.717, 1.165) is 0 Å². The molecule has 1 amide bonds. The van der Waals surface area contributed by atoms with Gasteiger partial charge >= 0.3 is 0 Å². The summed E-state index contributed by atoms with van der Waals surface area (Å²) in [6, 6.07) is 5.06. The van der Waals surface area contributed by atoms with E-state index < -0.39 is 5.91 Å². The summed E-state index contributed by atoms with van der Waals surface area (Å²) in [5.41, 5.74) is 5.60. The predicted octanol–water partition coefficient (Wildman–Crippen LogP) is 3.20. The van der Waals surface area contributed by atoms with Gasteiger partial charge in [-0.05, 0) is 30.0 Å². The SMILES string of the molecule is CC(C)C(C)(C(C)C)C1Oc2ccc(C(N)=O)cc2O1. The molecule has 0 aliphatic carbocycles. The maximum Gasteiger partial charge on any atom is 0.248 e. The molecule has 110 valence electrons. The fraction of sp³-hybridized carbons (Fsp3) is 0.562. The van der Waals surface area contributed by atoms with Crippen LogP contribution in [0, 0.1) is 17.3 Å². The van der Waals surface area contributed by atoms with Gasteiger partial charge in [0.05, 0.1) is 0 Å². The van der Waals surface area contributed by atoms with Gasteiger partial charge in [0.2, 0.25) is 12.2 Å². The van der Waals surface area contributed by atoms with Crippen LogP contribution in [-0.2, 0) is 0 Å². The Balaban J connectivity index is 2.30. The van der Waals surface area contributed by atoms with Crippen molar-refractivity contribution in [3.05, 3.63) is 23.8 Å². The summed E-state index contributed by atoms with van der Waals surface area (Å²) in [6.07, 6.45) is -0.347. The van der Waals surface area contributed by atoms with Crippen LogP contribution in [0.1, 0.15) is 45.0 Å². The molecule has 2 rings (SSSR count).